The molecular formula is C10H19NO4S. The van der Waals surface area contributed by atoms with Gasteiger partial charge in [0.25, 0.3) is 0 Å². The van der Waals surface area contributed by atoms with Gasteiger partial charge in [0.05, 0.1) is 18.3 Å². The average Bonchev–Trinajstić information content (AvgIpc) is 2.25. The van der Waals surface area contributed by atoms with Gasteiger partial charge in [-0.1, -0.05) is 0 Å². The zero-order valence-corrected chi connectivity index (χ0v) is 10.6. The predicted octanol–water partition coefficient (Wildman–Crippen LogP) is 0.0585. The third-order valence-electron chi connectivity index (χ3n) is 2.92. The summed E-state index contributed by atoms with van der Waals surface area (Å²) in [6.45, 7) is 1.51. The summed E-state index contributed by atoms with van der Waals surface area (Å²) in [5, 5.41) is -0.279. The van der Waals surface area contributed by atoms with E-state index in [9.17, 15) is 13.2 Å². The van der Waals surface area contributed by atoms with Crippen LogP contribution in [0.5, 0.6) is 0 Å². The number of hydrogen-bond donors (Lipinski definition) is 0. The van der Waals surface area contributed by atoms with Crippen molar-refractivity contribution in [2.75, 3.05) is 33.1 Å². The summed E-state index contributed by atoms with van der Waals surface area (Å²) in [4.78, 5) is 13.3. The molecule has 0 aromatic carbocycles. The van der Waals surface area contributed by atoms with Crippen LogP contribution in [0.1, 0.15) is 19.3 Å². The molecule has 5 nitrogen and oxygen atoms in total. The van der Waals surface area contributed by atoms with E-state index < -0.39 is 9.84 Å². The Morgan fingerprint density at radius 1 is 1.38 bits per heavy atom. The van der Waals surface area contributed by atoms with Gasteiger partial charge in [-0.05, 0) is 12.8 Å². The summed E-state index contributed by atoms with van der Waals surface area (Å²) in [7, 11) is -1.40. The zero-order chi connectivity index (χ0) is 12.2. The maximum atomic E-state index is 11.6. The quantitative estimate of drug-likeness (QED) is 0.706. The molecule has 1 fully saturated rings. The Morgan fingerprint density at radius 2 is 1.94 bits per heavy atom. The summed E-state index contributed by atoms with van der Waals surface area (Å²) < 4.78 is 27.5. The maximum absolute atomic E-state index is 11.6. The molecule has 0 atom stereocenters. The van der Waals surface area contributed by atoms with E-state index in [2.05, 4.69) is 0 Å². The van der Waals surface area contributed by atoms with E-state index >= 15 is 0 Å². The van der Waals surface area contributed by atoms with Gasteiger partial charge in [-0.25, -0.2) is 8.42 Å². The highest BCUT2D eigenvalue weighted by Gasteiger charge is 2.28. The molecule has 0 bridgehead atoms. The van der Waals surface area contributed by atoms with Crippen LogP contribution in [0.25, 0.3) is 0 Å². The average molecular weight is 249 g/mol. The zero-order valence-electron chi connectivity index (χ0n) is 9.81. The third kappa shape index (κ3) is 3.75. The highest BCUT2D eigenvalue weighted by molar-refractivity contribution is 7.91. The monoisotopic (exact) mass is 249 g/mol. The summed E-state index contributed by atoms with van der Waals surface area (Å²) in [6.07, 6.45) is 2.75. The minimum atomic E-state index is -2.95. The van der Waals surface area contributed by atoms with Crippen LogP contribution < -0.4 is 0 Å². The minimum Gasteiger partial charge on any atom is -0.384 e. The van der Waals surface area contributed by atoms with Crippen LogP contribution >= 0.6 is 0 Å². The first-order chi connectivity index (χ1) is 7.45. The van der Waals surface area contributed by atoms with Crippen LogP contribution in [0, 0.1) is 0 Å². The van der Waals surface area contributed by atoms with Crippen molar-refractivity contribution in [3.8, 4) is 0 Å². The summed E-state index contributed by atoms with van der Waals surface area (Å²) >= 11 is 0. The Kier molecular flexibility index (Phi) is 4.73. The van der Waals surface area contributed by atoms with E-state index in [0.29, 0.717) is 39.0 Å². The molecular weight excluding hydrogens is 230 g/mol. The van der Waals surface area contributed by atoms with Crippen molar-refractivity contribution < 1.29 is 17.9 Å². The van der Waals surface area contributed by atoms with Crippen LogP contribution in [0.2, 0.25) is 0 Å². The maximum Gasteiger partial charge on any atom is 0.224 e. The number of sulfone groups is 1. The number of hydrogen-bond acceptors (Lipinski definition) is 4. The molecule has 0 aromatic heterocycles. The van der Waals surface area contributed by atoms with Gasteiger partial charge in [0.15, 0.2) is 0 Å². The molecule has 0 radical (unpaired) electrons. The molecule has 94 valence electrons. The number of piperidine rings is 1. The van der Waals surface area contributed by atoms with Gasteiger partial charge >= 0.3 is 0 Å². The van der Waals surface area contributed by atoms with Crippen LogP contribution in [0.15, 0.2) is 0 Å². The fourth-order valence-electron chi connectivity index (χ4n) is 1.88. The number of methoxy groups -OCH3 is 1. The molecule has 0 spiro atoms. The number of rotatable bonds is 4. The minimum absolute atomic E-state index is 0.0498. The van der Waals surface area contributed by atoms with Crippen LogP contribution in [-0.4, -0.2) is 57.5 Å². The Labute approximate surface area is 96.7 Å². The van der Waals surface area contributed by atoms with Crippen molar-refractivity contribution >= 4 is 15.7 Å². The highest BCUT2D eigenvalue weighted by atomic mass is 32.2. The lowest BCUT2D eigenvalue weighted by molar-refractivity contribution is -0.132. The smallest absolute Gasteiger partial charge is 0.224 e. The highest BCUT2D eigenvalue weighted by Crippen LogP contribution is 2.17. The molecule has 1 rings (SSSR count). The predicted molar refractivity (Wildman–Crippen MR) is 60.9 cm³/mol. The number of nitrogens with zero attached hydrogens (tertiary/aromatic N) is 1. The van der Waals surface area contributed by atoms with Crippen LogP contribution in [0.4, 0.5) is 0 Å². The lowest BCUT2D eigenvalue weighted by Gasteiger charge is -2.31. The number of carbonyl (C=O) groups is 1. The van der Waals surface area contributed by atoms with E-state index in [4.69, 9.17) is 4.74 Å². The molecule has 0 aliphatic carbocycles. The molecule has 1 amide bonds. The third-order valence-corrected chi connectivity index (χ3v) is 4.60. The number of likely N-dealkylation sites (tertiary alicyclic amines) is 1. The molecule has 0 aromatic rings. The van der Waals surface area contributed by atoms with E-state index in [1.54, 1.807) is 12.0 Å². The van der Waals surface area contributed by atoms with E-state index in [0.717, 1.165) is 0 Å². The summed E-state index contributed by atoms with van der Waals surface area (Å²) in [6, 6.07) is 0. The van der Waals surface area contributed by atoms with Crippen molar-refractivity contribution in [1.29, 1.82) is 0 Å². The lowest BCUT2D eigenvalue weighted by atomic mass is 10.1. The van der Waals surface area contributed by atoms with Gasteiger partial charge in [-0.3, -0.25) is 4.79 Å². The van der Waals surface area contributed by atoms with Gasteiger partial charge in [0.2, 0.25) is 5.91 Å². The van der Waals surface area contributed by atoms with Crippen molar-refractivity contribution in [3.05, 3.63) is 0 Å². The summed E-state index contributed by atoms with van der Waals surface area (Å²) in [5.74, 6) is 0.0498. The van der Waals surface area contributed by atoms with E-state index in [1.165, 1.54) is 6.26 Å². The van der Waals surface area contributed by atoms with Crippen LogP contribution in [0.3, 0.4) is 0 Å². The fourth-order valence-corrected chi connectivity index (χ4v) is 2.95. The second kappa shape index (κ2) is 5.63. The molecule has 0 saturated carbocycles. The Bertz CT molecular complexity index is 331. The molecule has 6 heteroatoms. The molecule has 1 saturated heterocycles. The van der Waals surface area contributed by atoms with Gasteiger partial charge in [0.1, 0.15) is 9.84 Å². The van der Waals surface area contributed by atoms with Crippen molar-refractivity contribution in [3.63, 3.8) is 0 Å². The SMILES string of the molecule is COCCC(=O)N1CCC(S(C)(=O)=O)CC1. The lowest BCUT2D eigenvalue weighted by Crippen LogP contribution is -2.42. The van der Waals surface area contributed by atoms with E-state index in [1.807, 2.05) is 0 Å². The number of ether oxygens (including phenoxy) is 1. The van der Waals surface area contributed by atoms with Crippen molar-refractivity contribution in [1.82, 2.24) is 4.90 Å². The fraction of sp³-hybridized carbons (Fsp3) is 0.900. The molecule has 1 aliphatic rings. The second-order valence-corrected chi connectivity index (χ2v) is 6.48. The number of carbonyl (C=O) groups excluding carboxylic acids is 1. The Hall–Kier alpha value is -0.620. The summed E-state index contributed by atoms with van der Waals surface area (Å²) in [5.41, 5.74) is 0. The van der Waals surface area contributed by atoms with E-state index in [-0.39, 0.29) is 11.2 Å². The second-order valence-electron chi connectivity index (χ2n) is 4.15. The van der Waals surface area contributed by atoms with Gasteiger partial charge < -0.3 is 9.64 Å². The molecule has 1 heterocycles. The standard InChI is InChI=1S/C10H19NO4S/c1-15-8-5-10(12)11-6-3-9(4-7-11)16(2,13)14/h9H,3-8H2,1-2H3. The first-order valence-electron chi connectivity index (χ1n) is 5.40. The molecule has 0 N–H and O–H groups in total. The Balaban J connectivity index is 2.40. The first kappa shape index (κ1) is 13.4. The van der Waals surface area contributed by atoms with Gasteiger partial charge in [0, 0.05) is 26.5 Å². The Morgan fingerprint density at radius 3 is 2.38 bits per heavy atom. The van der Waals surface area contributed by atoms with Crippen LogP contribution in [-0.2, 0) is 19.4 Å². The van der Waals surface area contributed by atoms with Crippen molar-refractivity contribution in [2.24, 2.45) is 0 Å². The van der Waals surface area contributed by atoms with Gasteiger partial charge in [-0.2, -0.15) is 0 Å². The van der Waals surface area contributed by atoms with Crippen molar-refractivity contribution in [2.45, 2.75) is 24.5 Å². The molecule has 0 unspecified atom stereocenters. The number of amides is 1. The van der Waals surface area contributed by atoms with Gasteiger partial charge in [-0.15, -0.1) is 0 Å². The molecule has 1 aliphatic heterocycles. The normalized spacial score (nSPS) is 18.8. The first-order valence-corrected chi connectivity index (χ1v) is 7.36. The largest absolute Gasteiger partial charge is 0.384 e. The molecule has 16 heavy (non-hydrogen) atoms. The topological polar surface area (TPSA) is 63.7 Å².